The first kappa shape index (κ1) is 22.7. The van der Waals surface area contributed by atoms with Crippen LogP contribution in [-0.2, 0) is 10.0 Å². The van der Waals surface area contributed by atoms with E-state index < -0.39 is 10.0 Å². The van der Waals surface area contributed by atoms with Crippen molar-refractivity contribution < 1.29 is 8.42 Å². The second-order valence-corrected chi connectivity index (χ2v) is 11.3. The summed E-state index contributed by atoms with van der Waals surface area (Å²) < 4.78 is 29.2. The molecule has 0 amide bonds. The molecule has 1 saturated carbocycles. The van der Waals surface area contributed by atoms with Gasteiger partial charge in [-0.3, -0.25) is 9.71 Å². The molecule has 4 rings (SSSR count). The first-order valence-electron chi connectivity index (χ1n) is 11.0. The summed E-state index contributed by atoms with van der Waals surface area (Å²) in [6.07, 6.45) is 7.76. The summed E-state index contributed by atoms with van der Waals surface area (Å²) >= 11 is 1.59. The Kier molecular flexibility index (Phi) is 6.53. The van der Waals surface area contributed by atoms with Crippen molar-refractivity contribution in [1.82, 2.24) is 9.97 Å². The molecule has 1 aromatic carbocycles. The molecule has 0 spiro atoms. The maximum absolute atomic E-state index is 13.2. The number of aromatic nitrogens is 2. The van der Waals surface area contributed by atoms with Gasteiger partial charge in [-0.15, -0.1) is 0 Å². The van der Waals surface area contributed by atoms with Crippen LogP contribution in [-0.4, -0.2) is 24.4 Å². The van der Waals surface area contributed by atoms with Crippen LogP contribution in [0, 0.1) is 27.7 Å². The number of nitrogens with zero attached hydrogens (tertiary/aromatic N) is 2. The van der Waals surface area contributed by atoms with E-state index in [-0.39, 0.29) is 4.90 Å². The first-order valence-corrected chi connectivity index (χ1v) is 13.3. The van der Waals surface area contributed by atoms with Crippen molar-refractivity contribution in [1.29, 1.82) is 0 Å². The molecule has 0 atom stereocenters. The van der Waals surface area contributed by atoms with Crippen LogP contribution in [0.3, 0.4) is 0 Å². The van der Waals surface area contributed by atoms with Gasteiger partial charge in [-0.2, -0.15) is 0 Å². The summed E-state index contributed by atoms with van der Waals surface area (Å²) in [5.41, 5.74) is 4.65. The molecule has 1 aliphatic rings. The fourth-order valence-corrected chi connectivity index (χ4v) is 6.61. The van der Waals surface area contributed by atoms with Crippen LogP contribution in [0.2, 0.25) is 0 Å². The molecule has 2 heterocycles. The van der Waals surface area contributed by atoms with Crippen LogP contribution in [0.4, 0.5) is 10.8 Å². The molecule has 32 heavy (non-hydrogen) atoms. The van der Waals surface area contributed by atoms with Crippen molar-refractivity contribution in [2.45, 2.75) is 70.7 Å². The van der Waals surface area contributed by atoms with E-state index in [1.807, 2.05) is 45.9 Å². The van der Waals surface area contributed by atoms with E-state index in [1.54, 1.807) is 23.6 Å². The molecule has 0 aliphatic heterocycles. The second kappa shape index (κ2) is 9.19. The summed E-state index contributed by atoms with van der Waals surface area (Å²) in [5.74, 6) is 0. The van der Waals surface area contributed by atoms with E-state index in [0.717, 1.165) is 32.5 Å². The van der Waals surface area contributed by atoms with Crippen molar-refractivity contribution in [2.75, 3.05) is 10.0 Å². The molecule has 2 aromatic heterocycles. The summed E-state index contributed by atoms with van der Waals surface area (Å²) in [7, 11) is -3.76. The van der Waals surface area contributed by atoms with Gasteiger partial charge in [0.2, 0.25) is 0 Å². The number of benzene rings is 1. The minimum absolute atomic E-state index is 0.268. The molecule has 2 N–H and O–H groups in total. The highest BCUT2D eigenvalue weighted by Crippen LogP contribution is 2.36. The summed E-state index contributed by atoms with van der Waals surface area (Å²) in [6, 6.07) is 7.92. The summed E-state index contributed by atoms with van der Waals surface area (Å²) in [6.45, 7) is 7.55. The Morgan fingerprint density at radius 2 is 1.75 bits per heavy atom. The van der Waals surface area contributed by atoms with E-state index >= 15 is 0 Å². The summed E-state index contributed by atoms with van der Waals surface area (Å²) in [5, 5.41) is 4.49. The number of hydrogen-bond donors (Lipinski definition) is 2. The first-order chi connectivity index (χ1) is 15.2. The van der Waals surface area contributed by atoms with Crippen molar-refractivity contribution in [3.63, 3.8) is 0 Å². The monoisotopic (exact) mass is 470 g/mol. The Hall–Kier alpha value is -2.45. The highest BCUT2D eigenvalue weighted by molar-refractivity contribution is 7.92. The lowest BCUT2D eigenvalue weighted by Crippen LogP contribution is -2.21. The molecule has 0 unspecified atom stereocenters. The average Bonchev–Trinajstić information content (AvgIpc) is 3.11. The maximum Gasteiger partial charge on any atom is 0.262 e. The van der Waals surface area contributed by atoms with Crippen LogP contribution < -0.4 is 10.0 Å². The number of nitrogens with one attached hydrogen (secondary N) is 2. The zero-order valence-electron chi connectivity index (χ0n) is 19.0. The predicted molar refractivity (Wildman–Crippen MR) is 132 cm³/mol. The Balaban J connectivity index is 1.62. The van der Waals surface area contributed by atoms with Crippen molar-refractivity contribution in [3.05, 3.63) is 53.0 Å². The average molecular weight is 471 g/mol. The second-order valence-electron chi connectivity index (χ2n) is 8.64. The zero-order chi connectivity index (χ0) is 22.9. The standard InChI is InChI=1S/C24H30N4O2S2/c1-15-10-11-19(23-18(4)26-24(31-23)27-20-8-6-5-7-9-20)13-22(15)32(29,30)28-21-14-25-17(3)12-16(21)2/h10-14,20,28H,5-9H2,1-4H3,(H,26,27). The van der Waals surface area contributed by atoms with Crippen LogP contribution in [0.1, 0.15) is 54.6 Å². The molecule has 0 bridgehead atoms. The third-order valence-corrected chi connectivity index (χ3v) is 8.61. The molecule has 0 saturated heterocycles. The quantitative estimate of drug-likeness (QED) is 0.463. The van der Waals surface area contributed by atoms with Crippen LogP contribution in [0.5, 0.6) is 0 Å². The normalized spacial score (nSPS) is 15.0. The zero-order valence-corrected chi connectivity index (χ0v) is 20.7. The number of anilines is 2. The van der Waals surface area contributed by atoms with E-state index in [9.17, 15) is 8.42 Å². The van der Waals surface area contributed by atoms with Crippen LogP contribution >= 0.6 is 11.3 Å². The lowest BCUT2D eigenvalue weighted by atomic mass is 9.96. The van der Waals surface area contributed by atoms with E-state index in [0.29, 0.717) is 17.3 Å². The lowest BCUT2D eigenvalue weighted by molar-refractivity contribution is 0.462. The van der Waals surface area contributed by atoms with Crippen LogP contribution in [0.15, 0.2) is 35.4 Å². The minimum Gasteiger partial charge on any atom is -0.359 e. The largest absolute Gasteiger partial charge is 0.359 e. The maximum atomic E-state index is 13.2. The summed E-state index contributed by atoms with van der Waals surface area (Å²) in [4.78, 5) is 10.2. The van der Waals surface area contributed by atoms with Crippen molar-refractivity contribution in [3.8, 4) is 10.4 Å². The fourth-order valence-electron chi connectivity index (χ4n) is 4.18. The van der Waals surface area contributed by atoms with Crippen molar-refractivity contribution >= 4 is 32.2 Å². The molecule has 170 valence electrons. The van der Waals surface area contributed by atoms with Gasteiger partial charge in [0.25, 0.3) is 10.0 Å². The van der Waals surface area contributed by atoms with Gasteiger partial charge >= 0.3 is 0 Å². The minimum atomic E-state index is -3.76. The molecule has 1 fully saturated rings. The van der Waals surface area contributed by atoms with Gasteiger partial charge in [0.15, 0.2) is 5.13 Å². The van der Waals surface area contributed by atoms with Gasteiger partial charge < -0.3 is 5.32 Å². The molecule has 3 aromatic rings. The molecule has 1 aliphatic carbocycles. The number of thiazole rings is 1. The third kappa shape index (κ3) is 4.96. The van der Waals surface area contributed by atoms with E-state index in [2.05, 4.69) is 15.0 Å². The van der Waals surface area contributed by atoms with Crippen LogP contribution in [0.25, 0.3) is 10.4 Å². The SMILES string of the molecule is Cc1cc(C)c(NS(=O)(=O)c2cc(-c3sc(NC4CCCCC4)nc3C)ccc2C)cn1. The molecule has 6 nitrogen and oxygen atoms in total. The third-order valence-electron chi connectivity index (χ3n) is 5.96. The van der Waals surface area contributed by atoms with Gasteiger partial charge in [0.05, 0.1) is 27.4 Å². The van der Waals surface area contributed by atoms with Gasteiger partial charge in [-0.05, 0) is 69.4 Å². The topological polar surface area (TPSA) is 84.0 Å². The molecular weight excluding hydrogens is 440 g/mol. The smallest absolute Gasteiger partial charge is 0.262 e. The number of pyridine rings is 1. The highest BCUT2D eigenvalue weighted by atomic mass is 32.2. The Morgan fingerprint density at radius 1 is 1.00 bits per heavy atom. The fraction of sp³-hybridized carbons (Fsp3) is 0.417. The van der Waals surface area contributed by atoms with E-state index in [4.69, 9.17) is 4.98 Å². The number of rotatable bonds is 6. The van der Waals surface area contributed by atoms with Gasteiger partial charge in [0, 0.05) is 11.7 Å². The number of sulfonamides is 1. The van der Waals surface area contributed by atoms with Gasteiger partial charge in [-0.1, -0.05) is 42.7 Å². The Bertz CT molecular complexity index is 1230. The lowest BCUT2D eigenvalue weighted by Gasteiger charge is -2.22. The predicted octanol–water partition coefficient (Wildman–Crippen LogP) is 5.98. The van der Waals surface area contributed by atoms with Gasteiger partial charge in [0.1, 0.15) is 0 Å². The van der Waals surface area contributed by atoms with E-state index in [1.165, 1.54) is 32.1 Å². The molecule has 0 radical (unpaired) electrons. The molecular formula is C24H30N4O2S2. The van der Waals surface area contributed by atoms with Gasteiger partial charge in [-0.25, -0.2) is 13.4 Å². The molecule has 8 heteroatoms. The highest BCUT2D eigenvalue weighted by Gasteiger charge is 2.21. The van der Waals surface area contributed by atoms with Crippen molar-refractivity contribution in [2.24, 2.45) is 0 Å². The number of aryl methyl sites for hydroxylation is 4. The Morgan fingerprint density at radius 3 is 2.47 bits per heavy atom. The number of hydrogen-bond acceptors (Lipinski definition) is 6. The Labute approximate surface area is 194 Å².